The number of benzene rings is 1. The van der Waals surface area contributed by atoms with Crippen LogP contribution < -0.4 is 5.32 Å². The Morgan fingerprint density at radius 3 is 2.61 bits per heavy atom. The first kappa shape index (κ1) is 13.6. The highest BCUT2D eigenvalue weighted by Crippen LogP contribution is 2.45. The molecule has 0 spiro atoms. The molecule has 0 amide bonds. The molecule has 0 saturated heterocycles. The Kier molecular flexibility index (Phi) is 4.79. The monoisotopic (exact) mass is 247 g/mol. The Morgan fingerprint density at radius 1 is 1.28 bits per heavy atom. The van der Waals surface area contributed by atoms with Crippen molar-refractivity contribution in [1.82, 2.24) is 5.32 Å². The summed E-state index contributed by atoms with van der Waals surface area (Å²) in [7, 11) is 0. The topological polar surface area (TPSA) is 21.3 Å². The van der Waals surface area contributed by atoms with Gasteiger partial charge >= 0.3 is 0 Å². The fourth-order valence-electron chi connectivity index (χ4n) is 2.48. The van der Waals surface area contributed by atoms with E-state index in [1.54, 1.807) is 0 Å². The van der Waals surface area contributed by atoms with E-state index < -0.39 is 0 Å². The molecule has 1 aromatic rings. The van der Waals surface area contributed by atoms with E-state index in [1.807, 2.05) is 6.07 Å². The van der Waals surface area contributed by atoms with E-state index >= 15 is 0 Å². The lowest BCUT2D eigenvalue weighted by atomic mass is 9.85. The number of hydrogen-bond donors (Lipinski definition) is 1. The van der Waals surface area contributed by atoms with Gasteiger partial charge in [0.2, 0.25) is 0 Å². The summed E-state index contributed by atoms with van der Waals surface area (Å²) in [6, 6.07) is 10.4. The summed E-state index contributed by atoms with van der Waals surface area (Å²) in [5, 5.41) is 3.48. The zero-order valence-electron chi connectivity index (χ0n) is 11.6. The van der Waals surface area contributed by atoms with Gasteiger partial charge in [-0.3, -0.25) is 0 Å². The molecule has 2 rings (SSSR count). The molecule has 18 heavy (non-hydrogen) atoms. The first-order valence-corrected chi connectivity index (χ1v) is 7.07. The van der Waals surface area contributed by atoms with Gasteiger partial charge in [-0.15, -0.1) is 0 Å². The second kappa shape index (κ2) is 6.35. The Hall–Kier alpha value is -0.860. The molecule has 1 aliphatic rings. The van der Waals surface area contributed by atoms with Crippen molar-refractivity contribution in [2.24, 2.45) is 11.3 Å². The van der Waals surface area contributed by atoms with E-state index in [9.17, 15) is 0 Å². The third-order valence-corrected chi connectivity index (χ3v) is 3.89. The molecule has 1 N–H and O–H groups in total. The molecular formula is C16H25NO. The third-order valence-electron chi connectivity index (χ3n) is 3.89. The molecule has 1 aromatic carbocycles. The summed E-state index contributed by atoms with van der Waals surface area (Å²) < 4.78 is 5.94. The van der Waals surface area contributed by atoms with Gasteiger partial charge in [0.05, 0.1) is 13.2 Å². The number of rotatable bonds is 8. The van der Waals surface area contributed by atoms with Gasteiger partial charge in [-0.05, 0) is 30.9 Å². The van der Waals surface area contributed by atoms with E-state index in [0.29, 0.717) is 5.41 Å². The first-order valence-electron chi connectivity index (χ1n) is 7.07. The summed E-state index contributed by atoms with van der Waals surface area (Å²) in [6.45, 7) is 8.23. The van der Waals surface area contributed by atoms with Crippen LogP contribution in [0.1, 0.15) is 32.3 Å². The molecular weight excluding hydrogens is 222 g/mol. The predicted octanol–water partition coefficient (Wildman–Crippen LogP) is 3.23. The second-order valence-corrected chi connectivity index (χ2v) is 5.69. The van der Waals surface area contributed by atoms with Crippen LogP contribution in [0.4, 0.5) is 0 Å². The SMILES string of the molecule is CCNCC(C)(COCc1ccccc1)C1CC1. The van der Waals surface area contributed by atoms with Gasteiger partial charge in [-0.2, -0.15) is 0 Å². The van der Waals surface area contributed by atoms with Crippen molar-refractivity contribution in [2.45, 2.75) is 33.3 Å². The Labute approximate surface area is 111 Å². The molecule has 1 atom stereocenters. The van der Waals surface area contributed by atoms with Gasteiger partial charge < -0.3 is 10.1 Å². The quantitative estimate of drug-likeness (QED) is 0.761. The van der Waals surface area contributed by atoms with Gasteiger partial charge in [0.15, 0.2) is 0 Å². The molecule has 0 aromatic heterocycles. The second-order valence-electron chi connectivity index (χ2n) is 5.69. The minimum atomic E-state index is 0.310. The minimum Gasteiger partial charge on any atom is -0.376 e. The maximum absolute atomic E-state index is 5.94. The van der Waals surface area contributed by atoms with Crippen LogP contribution in [-0.4, -0.2) is 19.7 Å². The molecule has 1 aliphatic carbocycles. The van der Waals surface area contributed by atoms with Gasteiger partial charge in [-0.1, -0.05) is 44.2 Å². The zero-order valence-corrected chi connectivity index (χ0v) is 11.6. The van der Waals surface area contributed by atoms with E-state index in [0.717, 1.165) is 32.2 Å². The van der Waals surface area contributed by atoms with Crippen molar-refractivity contribution >= 4 is 0 Å². The molecule has 1 unspecified atom stereocenters. The van der Waals surface area contributed by atoms with Crippen LogP contribution in [0.5, 0.6) is 0 Å². The molecule has 100 valence electrons. The lowest BCUT2D eigenvalue weighted by Gasteiger charge is -2.29. The average molecular weight is 247 g/mol. The average Bonchev–Trinajstić information content (AvgIpc) is 3.22. The maximum Gasteiger partial charge on any atom is 0.0717 e. The Bertz CT molecular complexity index is 347. The van der Waals surface area contributed by atoms with Crippen LogP contribution in [0.2, 0.25) is 0 Å². The summed E-state index contributed by atoms with van der Waals surface area (Å²) in [5.74, 6) is 0.854. The van der Waals surface area contributed by atoms with Crippen molar-refractivity contribution in [3.63, 3.8) is 0 Å². The summed E-state index contributed by atoms with van der Waals surface area (Å²) >= 11 is 0. The first-order chi connectivity index (χ1) is 8.74. The van der Waals surface area contributed by atoms with Crippen molar-refractivity contribution in [3.8, 4) is 0 Å². The molecule has 2 heteroatoms. The van der Waals surface area contributed by atoms with Crippen LogP contribution in [0.25, 0.3) is 0 Å². The van der Waals surface area contributed by atoms with Crippen LogP contribution in [-0.2, 0) is 11.3 Å². The molecule has 0 heterocycles. The normalized spacial score (nSPS) is 18.6. The highest BCUT2D eigenvalue weighted by Gasteiger charge is 2.41. The Morgan fingerprint density at radius 2 is 2.00 bits per heavy atom. The number of hydrogen-bond acceptors (Lipinski definition) is 2. The van der Waals surface area contributed by atoms with Crippen LogP contribution in [0.3, 0.4) is 0 Å². The van der Waals surface area contributed by atoms with E-state index in [2.05, 4.69) is 43.4 Å². The molecule has 2 nitrogen and oxygen atoms in total. The molecule has 0 radical (unpaired) electrons. The third kappa shape index (κ3) is 3.82. The smallest absolute Gasteiger partial charge is 0.0717 e. The molecule has 0 bridgehead atoms. The van der Waals surface area contributed by atoms with Gasteiger partial charge in [-0.25, -0.2) is 0 Å². The minimum absolute atomic E-state index is 0.310. The van der Waals surface area contributed by atoms with Crippen LogP contribution in [0, 0.1) is 11.3 Å². The Balaban J connectivity index is 1.79. The van der Waals surface area contributed by atoms with E-state index in [1.165, 1.54) is 18.4 Å². The van der Waals surface area contributed by atoms with Crippen molar-refractivity contribution in [3.05, 3.63) is 35.9 Å². The lowest BCUT2D eigenvalue weighted by Crippen LogP contribution is -2.37. The number of ether oxygens (including phenoxy) is 1. The van der Waals surface area contributed by atoms with Gasteiger partial charge in [0.25, 0.3) is 0 Å². The van der Waals surface area contributed by atoms with Crippen molar-refractivity contribution in [1.29, 1.82) is 0 Å². The van der Waals surface area contributed by atoms with Crippen molar-refractivity contribution in [2.75, 3.05) is 19.7 Å². The molecule has 0 aliphatic heterocycles. The van der Waals surface area contributed by atoms with Gasteiger partial charge in [0.1, 0.15) is 0 Å². The lowest BCUT2D eigenvalue weighted by molar-refractivity contribution is 0.0307. The van der Waals surface area contributed by atoms with E-state index in [-0.39, 0.29) is 0 Å². The van der Waals surface area contributed by atoms with Crippen molar-refractivity contribution < 1.29 is 4.74 Å². The predicted molar refractivity (Wildman–Crippen MR) is 75.5 cm³/mol. The number of nitrogens with one attached hydrogen (secondary N) is 1. The van der Waals surface area contributed by atoms with Crippen LogP contribution in [0.15, 0.2) is 30.3 Å². The maximum atomic E-state index is 5.94. The highest BCUT2D eigenvalue weighted by molar-refractivity contribution is 5.13. The largest absolute Gasteiger partial charge is 0.376 e. The molecule has 1 saturated carbocycles. The fraction of sp³-hybridized carbons (Fsp3) is 0.625. The van der Waals surface area contributed by atoms with Crippen LogP contribution >= 0.6 is 0 Å². The van der Waals surface area contributed by atoms with E-state index in [4.69, 9.17) is 4.74 Å². The summed E-state index contributed by atoms with van der Waals surface area (Å²) in [4.78, 5) is 0. The highest BCUT2D eigenvalue weighted by atomic mass is 16.5. The van der Waals surface area contributed by atoms with Gasteiger partial charge in [0, 0.05) is 12.0 Å². The zero-order chi connectivity index (χ0) is 12.8. The summed E-state index contributed by atoms with van der Waals surface area (Å²) in [6.07, 6.45) is 2.74. The fourth-order valence-corrected chi connectivity index (χ4v) is 2.48. The summed E-state index contributed by atoms with van der Waals surface area (Å²) in [5.41, 5.74) is 1.57. The molecule has 1 fully saturated rings. The standard InChI is InChI=1S/C16H25NO/c1-3-17-12-16(2,15-9-10-15)13-18-11-14-7-5-4-6-8-14/h4-8,15,17H,3,9-13H2,1-2H3.